The lowest BCUT2D eigenvalue weighted by Crippen LogP contribution is -2.43. The van der Waals surface area contributed by atoms with E-state index in [2.05, 4.69) is 0 Å². The van der Waals surface area contributed by atoms with Gasteiger partial charge in [-0.2, -0.15) is 0 Å². The van der Waals surface area contributed by atoms with Crippen LogP contribution in [0.15, 0.2) is 72.8 Å². The lowest BCUT2D eigenvalue weighted by Gasteiger charge is -2.39. The van der Waals surface area contributed by atoms with E-state index in [9.17, 15) is 19.8 Å². The summed E-state index contributed by atoms with van der Waals surface area (Å²) in [6.45, 7) is 4.02. The van der Waals surface area contributed by atoms with Crippen LogP contribution in [0.4, 0.5) is 5.69 Å². The minimum absolute atomic E-state index is 0.0862. The van der Waals surface area contributed by atoms with Crippen molar-refractivity contribution in [1.29, 1.82) is 0 Å². The number of esters is 1. The molecule has 0 amide bonds. The number of carbonyl (C=O) groups excluding carboxylic acids is 2. The number of nitrogen functional groups attached to an aromatic ring is 1. The first-order valence-electron chi connectivity index (χ1n) is 14.7. The SMILES string of the molecule is COc1cc2c(cc1OC)C1C(=O)c3c(O)cc4c(c3OC1CO2)C=CC(C)(C)O4.Nc1ccc(C(=O)Oc2ccccc2)c(O)c1. The molecule has 0 bridgehead atoms. The highest BCUT2D eigenvalue weighted by molar-refractivity contribution is 6.08. The number of hydrogen-bond acceptors (Lipinski definition) is 11. The minimum atomic E-state index is -0.630. The standard InChI is InChI=1S/C23H22O7.C13H11NO3/c1-23(2)6-5-11-15(30-23)8-13(24)20-21(25)19-12-7-16(26-3)17(27-4)9-14(12)28-10-18(19)29-22(11)20;14-9-6-7-11(12(15)8-9)13(16)17-10-4-2-1-3-5-10/h5-9,18-19,24H,10H2,1-4H3;1-8,15H,14H2. The van der Waals surface area contributed by atoms with Crippen LogP contribution in [0.1, 0.15) is 51.6 Å². The second-order valence-electron chi connectivity index (χ2n) is 11.6. The second-order valence-corrected chi connectivity index (χ2v) is 11.6. The lowest BCUT2D eigenvalue weighted by molar-refractivity contribution is 0.0547. The number of Topliss-reactive ketones (excluding diaryl/α,β-unsaturated/α-hetero) is 1. The van der Waals surface area contributed by atoms with Crippen molar-refractivity contribution in [3.8, 4) is 46.0 Å². The number of nitrogens with two attached hydrogens (primary N) is 1. The number of ether oxygens (including phenoxy) is 6. The van der Waals surface area contributed by atoms with Crippen LogP contribution < -0.4 is 34.2 Å². The van der Waals surface area contributed by atoms with Crippen LogP contribution in [-0.4, -0.2) is 54.5 Å². The predicted molar refractivity (Wildman–Crippen MR) is 172 cm³/mol. The van der Waals surface area contributed by atoms with Crippen molar-refractivity contribution in [2.45, 2.75) is 31.5 Å². The summed E-state index contributed by atoms with van der Waals surface area (Å²) in [6, 6.07) is 17.8. The highest BCUT2D eigenvalue weighted by atomic mass is 16.5. The number of fused-ring (bicyclic) bond motifs is 6. The van der Waals surface area contributed by atoms with Crippen LogP contribution >= 0.6 is 0 Å². The van der Waals surface area contributed by atoms with Crippen LogP contribution in [0.2, 0.25) is 0 Å². The van der Waals surface area contributed by atoms with Gasteiger partial charge in [0.15, 0.2) is 17.3 Å². The van der Waals surface area contributed by atoms with Gasteiger partial charge in [0, 0.05) is 29.4 Å². The maximum absolute atomic E-state index is 13.6. The molecule has 3 aliphatic rings. The van der Waals surface area contributed by atoms with Gasteiger partial charge in [0.2, 0.25) is 0 Å². The van der Waals surface area contributed by atoms with Crippen molar-refractivity contribution in [3.05, 3.63) is 95.1 Å². The highest BCUT2D eigenvalue weighted by Crippen LogP contribution is 2.52. The van der Waals surface area contributed by atoms with E-state index in [0.717, 1.165) is 0 Å². The number of phenols is 2. The van der Waals surface area contributed by atoms with Crippen molar-refractivity contribution < 1.29 is 48.2 Å². The first-order valence-corrected chi connectivity index (χ1v) is 14.7. The summed E-state index contributed by atoms with van der Waals surface area (Å²) in [7, 11) is 3.07. The van der Waals surface area contributed by atoms with E-state index in [-0.39, 0.29) is 35.0 Å². The van der Waals surface area contributed by atoms with Gasteiger partial charge in [-0.25, -0.2) is 4.79 Å². The number of phenolic OH excluding ortho intramolecular Hbond substituents is 2. The van der Waals surface area contributed by atoms with Gasteiger partial charge < -0.3 is 44.4 Å². The van der Waals surface area contributed by atoms with Crippen LogP contribution in [0.5, 0.6) is 46.0 Å². The normalized spacial score (nSPS) is 17.8. The maximum Gasteiger partial charge on any atom is 0.347 e. The third-order valence-corrected chi connectivity index (χ3v) is 7.90. The van der Waals surface area contributed by atoms with Gasteiger partial charge in [0.1, 0.15) is 63.9 Å². The summed E-state index contributed by atoms with van der Waals surface area (Å²) in [5, 5.41) is 20.3. The quantitative estimate of drug-likeness (QED) is 0.139. The van der Waals surface area contributed by atoms with Gasteiger partial charge >= 0.3 is 5.97 Å². The van der Waals surface area contributed by atoms with Crippen molar-refractivity contribution >= 4 is 23.5 Å². The van der Waals surface area contributed by atoms with E-state index in [1.165, 1.54) is 31.4 Å². The number of para-hydroxylation sites is 1. The summed E-state index contributed by atoms with van der Waals surface area (Å²) < 4.78 is 33.9. The molecule has 4 aromatic carbocycles. The molecule has 0 saturated carbocycles. The molecule has 11 heteroatoms. The third kappa shape index (κ3) is 5.95. The molecule has 0 saturated heterocycles. The topological polar surface area (TPSA) is 156 Å². The molecule has 2 unspecified atom stereocenters. The fourth-order valence-electron chi connectivity index (χ4n) is 5.64. The molecule has 3 heterocycles. The molecule has 4 N–H and O–H groups in total. The predicted octanol–water partition coefficient (Wildman–Crippen LogP) is 5.91. The number of rotatable bonds is 4. The zero-order valence-electron chi connectivity index (χ0n) is 26.1. The van der Waals surface area contributed by atoms with Crippen molar-refractivity contribution in [2.75, 3.05) is 26.6 Å². The molecule has 47 heavy (non-hydrogen) atoms. The number of carbonyl (C=O) groups is 2. The molecule has 4 aromatic rings. The van der Waals surface area contributed by atoms with Crippen molar-refractivity contribution in [1.82, 2.24) is 0 Å². The molecule has 0 radical (unpaired) electrons. The smallest absolute Gasteiger partial charge is 0.347 e. The first-order chi connectivity index (χ1) is 22.5. The molecule has 2 atom stereocenters. The molecule has 0 fully saturated rings. The average molecular weight is 640 g/mol. The molecule has 0 aliphatic carbocycles. The van der Waals surface area contributed by atoms with Crippen LogP contribution in [-0.2, 0) is 0 Å². The minimum Gasteiger partial charge on any atom is -0.507 e. The molecular weight excluding hydrogens is 606 g/mol. The molecule has 0 spiro atoms. The average Bonchev–Trinajstić information content (AvgIpc) is 3.03. The van der Waals surface area contributed by atoms with Gasteiger partial charge in [0.05, 0.1) is 25.7 Å². The monoisotopic (exact) mass is 639 g/mol. The Morgan fingerprint density at radius 1 is 0.936 bits per heavy atom. The number of hydrogen-bond donors (Lipinski definition) is 3. The summed E-state index contributed by atoms with van der Waals surface area (Å²) in [4.78, 5) is 25.3. The Balaban J connectivity index is 0.000000193. The number of ketones is 1. The Bertz CT molecular complexity index is 1900. The largest absolute Gasteiger partial charge is 0.507 e. The third-order valence-electron chi connectivity index (χ3n) is 7.90. The molecule has 3 aliphatic heterocycles. The molecule has 11 nitrogen and oxygen atoms in total. The summed E-state index contributed by atoms with van der Waals surface area (Å²) >= 11 is 0. The Morgan fingerprint density at radius 2 is 1.66 bits per heavy atom. The molecule has 7 rings (SSSR count). The Kier molecular flexibility index (Phi) is 8.06. The van der Waals surface area contributed by atoms with Gasteiger partial charge in [-0.1, -0.05) is 18.2 Å². The maximum atomic E-state index is 13.6. The Morgan fingerprint density at radius 3 is 2.36 bits per heavy atom. The summed E-state index contributed by atoms with van der Waals surface area (Å²) in [6.07, 6.45) is 3.23. The fraction of sp³-hybridized carbons (Fsp3) is 0.222. The molecular formula is C36H33NO10. The Hall–Kier alpha value is -5.84. The molecule has 242 valence electrons. The highest BCUT2D eigenvalue weighted by Gasteiger charge is 2.46. The lowest BCUT2D eigenvalue weighted by atomic mass is 9.80. The number of benzene rings is 4. The van der Waals surface area contributed by atoms with Crippen LogP contribution in [0, 0.1) is 0 Å². The van der Waals surface area contributed by atoms with E-state index < -0.39 is 23.6 Å². The zero-order valence-corrected chi connectivity index (χ0v) is 26.1. The van der Waals surface area contributed by atoms with Gasteiger partial charge in [-0.05, 0) is 56.3 Å². The molecule has 0 aromatic heterocycles. The van der Waals surface area contributed by atoms with E-state index >= 15 is 0 Å². The second kappa shape index (κ2) is 12.2. The number of anilines is 1. The first kappa shape index (κ1) is 31.2. The number of aromatic hydroxyl groups is 2. The summed E-state index contributed by atoms with van der Waals surface area (Å²) in [5.74, 6) is 0.959. The van der Waals surface area contributed by atoms with Crippen LogP contribution in [0.25, 0.3) is 6.08 Å². The summed E-state index contributed by atoms with van der Waals surface area (Å²) in [5.41, 5.74) is 6.87. The van der Waals surface area contributed by atoms with Gasteiger partial charge in [-0.15, -0.1) is 0 Å². The number of methoxy groups -OCH3 is 2. The van der Waals surface area contributed by atoms with Gasteiger partial charge in [0.25, 0.3) is 0 Å². The zero-order chi connectivity index (χ0) is 33.5. The van der Waals surface area contributed by atoms with E-state index in [1.54, 1.807) is 43.5 Å². The Labute approximate surface area is 270 Å². The van der Waals surface area contributed by atoms with Crippen molar-refractivity contribution in [2.24, 2.45) is 0 Å². The fourth-order valence-corrected chi connectivity index (χ4v) is 5.64. The van der Waals surface area contributed by atoms with Crippen molar-refractivity contribution in [3.63, 3.8) is 0 Å². The van der Waals surface area contributed by atoms with Crippen LogP contribution in [0.3, 0.4) is 0 Å². The van der Waals surface area contributed by atoms with Gasteiger partial charge in [-0.3, -0.25) is 4.79 Å². The van der Waals surface area contributed by atoms with E-state index in [4.69, 9.17) is 34.2 Å². The van der Waals surface area contributed by atoms with E-state index in [1.807, 2.05) is 32.1 Å². The van der Waals surface area contributed by atoms with E-state index in [0.29, 0.717) is 51.3 Å².